The third-order valence-electron chi connectivity index (χ3n) is 3.11. The lowest BCUT2D eigenvalue weighted by Gasteiger charge is -2.36. The van der Waals surface area contributed by atoms with Crippen molar-refractivity contribution in [2.45, 2.75) is 31.7 Å². The fourth-order valence-corrected chi connectivity index (χ4v) is 2.55. The van der Waals surface area contributed by atoms with Crippen molar-refractivity contribution in [3.8, 4) is 6.07 Å². The number of nitriles is 1. The van der Waals surface area contributed by atoms with Gasteiger partial charge in [-0.25, -0.2) is 0 Å². The van der Waals surface area contributed by atoms with Gasteiger partial charge in [0.05, 0.1) is 12.5 Å². The van der Waals surface area contributed by atoms with Gasteiger partial charge in [-0.2, -0.15) is 5.26 Å². The Hall–Kier alpha value is -1.01. The molecule has 0 bridgehead atoms. The van der Waals surface area contributed by atoms with Gasteiger partial charge in [-0.15, -0.1) is 0 Å². The summed E-state index contributed by atoms with van der Waals surface area (Å²) in [7, 11) is 0. The molecule has 1 aromatic carbocycles. The van der Waals surface area contributed by atoms with Crippen molar-refractivity contribution < 1.29 is 0 Å². The maximum absolute atomic E-state index is 8.84. The molecule has 1 heterocycles. The second-order valence-corrected chi connectivity index (χ2v) is 5.10. The van der Waals surface area contributed by atoms with E-state index in [-0.39, 0.29) is 0 Å². The largest absolute Gasteiger partial charge is 0.368 e. The minimum atomic E-state index is 0.403. The Morgan fingerprint density at radius 2 is 2.06 bits per heavy atom. The summed E-state index contributed by atoms with van der Waals surface area (Å²) in [6.45, 7) is 1.08. The quantitative estimate of drug-likeness (QED) is 0.825. The SMILES string of the molecule is N#CCC1CCCCN1c1ccc(Br)cc1. The van der Waals surface area contributed by atoms with E-state index >= 15 is 0 Å². The van der Waals surface area contributed by atoms with Crippen LogP contribution in [0.25, 0.3) is 0 Å². The highest BCUT2D eigenvalue weighted by Gasteiger charge is 2.22. The number of nitrogens with zero attached hydrogens (tertiary/aromatic N) is 2. The first kappa shape index (κ1) is 11.5. The van der Waals surface area contributed by atoms with Crippen molar-refractivity contribution in [2.24, 2.45) is 0 Å². The Balaban J connectivity index is 2.16. The smallest absolute Gasteiger partial charge is 0.0643 e. The molecule has 0 N–H and O–H groups in total. The third-order valence-corrected chi connectivity index (χ3v) is 3.64. The zero-order valence-electron chi connectivity index (χ0n) is 9.19. The summed E-state index contributed by atoms with van der Waals surface area (Å²) in [6, 6.07) is 11.1. The molecule has 0 aliphatic carbocycles. The molecule has 1 aliphatic heterocycles. The Morgan fingerprint density at radius 1 is 1.31 bits per heavy atom. The van der Waals surface area contributed by atoms with E-state index in [4.69, 9.17) is 5.26 Å². The molecule has 3 heteroatoms. The van der Waals surface area contributed by atoms with Crippen LogP contribution in [0.3, 0.4) is 0 Å². The number of piperidine rings is 1. The molecule has 1 saturated heterocycles. The number of rotatable bonds is 2. The normalized spacial score (nSPS) is 20.5. The highest BCUT2D eigenvalue weighted by atomic mass is 79.9. The van der Waals surface area contributed by atoms with Crippen molar-refractivity contribution in [2.75, 3.05) is 11.4 Å². The van der Waals surface area contributed by atoms with E-state index < -0.39 is 0 Å². The summed E-state index contributed by atoms with van der Waals surface area (Å²) in [5.41, 5.74) is 1.24. The van der Waals surface area contributed by atoms with Crippen LogP contribution in [0.1, 0.15) is 25.7 Å². The molecular formula is C13H15BrN2. The van der Waals surface area contributed by atoms with E-state index in [1.807, 2.05) is 0 Å². The first-order valence-electron chi connectivity index (χ1n) is 5.70. The van der Waals surface area contributed by atoms with Crippen LogP contribution in [0.15, 0.2) is 28.7 Å². The molecule has 1 unspecified atom stereocenters. The van der Waals surface area contributed by atoms with E-state index in [1.165, 1.54) is 18.5 Å². The van der Waals surface area contributed by atoms with Crippen LogP contribution in [0.2, 0.25) is 0 Å². The monoisotopic (exact) mass is 278 g/mol. The van der Waals surface area contributed by atoms with Crippen LogP contribution in [-0.4, -0.2) is 12.6 Å². The Labute approximate surface area is 105 Å². The number of benzene rings is 1. The zero-order chi connectivity index (χ0) is 11.4. The molecule has 84 valence electrons. The molecule has 1 aromatic rings. The molecular weight excluding hydrogens is 264 g/mol. The van der Waals surface area contributed by atoms with Gasteiger partial charge in [0.2, 0.25) is 0 Å². The molecule has 0 amide bonds. The fourth-order valence-electron chi connectivity index (χ4n) is 2.29. The second-order valence-electron chi connectivity index (χ2n) is 4.18. The average molecular weight is 279 g/mol. The maximum atomic E-state index is 8.84. The number of halogens is 1. The van der Waals surface area contributed by atoms with Gasteiger partial charge in [-0.3, -0.25) is 0 Å². The molecule has 1 atom stereocenters. The molecule has 0 spiro atoms. The van der Waals surface area contributed by atoms with E-state index in [0.717, 1.165) is 17.4 Å². The van der Waals surface area contributed by atoms with Crippen LogP contribution in [0.5, 0.6) is 0 Å². The minimum absolute atomic E-state index is 0.403. The molecule has 1 aliphatic rings. The van der Waals surface area contributed by atoms with Gasteiger partial charge in [0.25, 0.3) is 0 Å². The Kier molecular flexibility index (Phi) is 3.84. The second kappa shape index (κ2) is 5.36. The molecule has 0 saturated carbocycles. The lowest BCUT2D eigenvalue weighted by molar-refractivity contribution is 0.464. The van der Waals surface area contributed by atoms with Crippen molar-refractivity contribution in [1.82, 2.24) is 0 Å². The topological polar surface area (TPSA) is 27.0 Å². The van der Waals surface area contributed by atoms with Gasteiger partial charge in [-0.1, -0.05) is 15.9 Å². The predicted molar refractivity (Wildman–Crippen MR) is 69.4 cm³/mol. The highest BCUT2D eigenvalue weighted by molar-refractivity contribution is 9.10. The zero-order valence-corrected chi connectivity index (χ0v) is 10.8. The number of hydrogen-bond acceptors (Lipinski definition) is 2. The molecule has 2 nitrogen and oxygen atoms in total. The summed E-state index contributed by atoms with van der Waals surface area (Å²) in [4.78, 5) is 2.37. The summed E-state index contributed by atoms with van der Waals surface area (Å²) in [6.07, 6.45) is 4.26. The van der Waals surface area contributed by atoms with Crippen LogP contribution in [0.4, 0.5) is 5.69 Å². The summed E-state index contributed by atoms with van der Waals surface area (Å²) in [5, 5.41) is 8.84. The maximum Gasteiger partial charge on any atom is 0.0643 e. The van der Waals surface area contributed by atoms with Crippen LogP contribution in [0, 0.1) is 11.3 Å². The van der Waals surface area contributed by atoms with Gasteiger partial charge in [0.1, 0.15) is 0 Å². The van der Waals surface area contributed by atoms with E-state index in [1.54, 1.807) is 0 Å². The van der Waals surface area contributed by atoms with Crippen molar-refractivity contribution in [3.05, 3.63) is 28.7 Å². The van der Waals surface area contributed by atoms with Crippen LogP contribution in [-0.2, 0) is 0 Å². The van der Waals surface area contributed by atoms with Crippen molar-refractivity contribution in [1.29, 1.82) is 5.26 Å². The number of hydrogen-bond donors (Lipinski definition) is 0. The van der Waals surface area contributed by atoms with Crippen LogP contribution >= 0.6 is 15.9 Å². The van der Waals surface area contributed by atoms with E-state index in [2.05, 4.69) is 51.2 Å². The minimum Gasteiger partial charge on any atom is -0.368 e. The molecule has 1 fully saturated rings. The molecule has 2 rings (SSSR count). The standard InChI is InChI=1S/C13H15BrN2/c14-11-4-6-13(7-5-11)16-10-2-1-3-12(16)8-9-15/h4-7,12H,1-3,8,10H2. The summed E-state index contributed by atoms with van der Waals surface area (Å²) < 4.78 is 1.10. The Bertz CT molecular complexity index is 380. The lowest BCUT2D eigenvalue weighted by Crippen LogP contribution is -2.39. The summed E-state index contributed by atoms with van der Waals surface area (Å²) >= 11 is 3.44. The van der Waals surface area contributed by atoms with Crippen molar-refractivity contribution in [3.63, 3.8) is 0 Å². The van der Waals surface area contributed by atoms with Gasteiger partial charge >= 0.3 is 0 Å². The first-order valence-corrected chi connectivity index (χ1v) is 6.50. The lowest BCUT2D eigenvalue weighted by atomic mass is 9.99. The fraction of sp³-hybridized carbons (Fsp3) is 0.462. The van der Waals surface area contributed by atoms with Crippen LogP contribution < -0.4 is 4.90 Å². The number of anilines is 1. The summed E-state index contributed by atoms with van der Waals surface area (Å²) in [5.74, 6) is 0. The molecule has 0 radical (unpaired) electrons. The van der Waals surface area contributed by atoms with Gasteiger partial charge in [0, 0.05) is 22.7 Å². The van der Waals surface area contributed by atoms with Gasteiger partial charge in [0.15, 0.2) is 0 Å². The van der Waals surface area contributed by atoms with E-state index in [9.17, 15) is 0 Å². The van der Waals surface area contributed by atoms with Gasteiger partial charge in [-0.05, 0) is 43.5 Å². The van der Waals surface area contributed by atoms with Crippen molar-refractivity contribution >= 4 is 21.6 Å². The van der Waals surface area contributed by atoms with E-state index in [0.29, 0.717) is 12.5 Å². The predicted octanol–water partition coefficient (Wildman–Crippen LogP) is 3.72. The molecule has 16 heavy (non-hydrogen) atoms. The average Bonchev–Trinajstić information content (AvgIpc) is 2.32. The first-order chi connectivity index (χ1) is 7.81. The van der Waals surface area contributed by atoms with Gasteiger partial charge < -0.3 is 4.90 Å². The third kappa shape index (κ3) is 2.56. The molecule has 0 aromatic heterocycles. The Morgan fingerprint density at radius 3 is 2.75 bits per heavy atom. The highest BCUT2D eigenvalue weighted by Crippen LogP contribution is 2.27.